The number of aryl methyl sites for hydroxylation is 1. The van der Waals surface area contributed by atoms with Crippen LogP contribution in [0.25, 0.3) is 0 Å². The Bertz CT molecular complexity index is 448. The van der Waals surface area contributed by atoms with Crippen LogP contribution in [0.4, 0.5) is 0 Å². The first-order chi connectivity index (χ1) is 7.08. The Kier molecular flexibility index (Phi) is 2.77. The van der Waals surface area contributed by atoms with Crippen LogP contribution in [0.3, 0.4) is 0 Å². The molecule has 1 fully saturated rings. The maximum absolute atomic E-state index is 11.6. The molecule has 0 bridgehead atoms. The lowest BCUT2D eigenvalue weighted by Crippen LogP contribution is -2.10. The monoisotopic (exact) mass is 228 g/mol. The maximum Gasteiger partial charge on any atom is 0.297 e. The third kappa shape index (κ3) is 2.77. The molecule has 0 amide bonds. The van der Waals surface area contributed by atoms with Crippen molar-refractivity contribution in [2.45, 2.75) is 17.9 Å². The van der Waals surface area contributed by atoms with Gasteiger partial charge in [0.2, 0.25) is 0 Å². The minimum absolute atomic E-state index is 0.0513. The van der Waals surface area contributed by atoms with E-state index in [1.54, 1.807) is 12.1 Å². The van der Waals surface area contributed by atoms with E-state index >= 15 is 0 Å². The highest BCUT2D eigenvalue weighted by Gasteiger charge is 2.26. The minimum atomic E-state index is -3.62. The summed E-state index contributed by atoms with van der Waals surface area (Å²) in [5, 5.41) is 0. The molecule has 1 aromatic carbocycles. The van der Waals surface area contributed by atoms with Gasteiger partial charge >= 0.3 is 0 Å². The fourth-order valence-electron chi connectivity index (χ4n) is 1.17. The summed E-state index contributed by atoms with van der Waals surface area (Å²) in [6.45, 7) is 2.53. The molecule has 15 heavy (non-hydrogen) atoms. The van der Waals surface area contributed by atoms with Gasteiger partial charge in [-0.1, -0.05) is 12.1 Å². The highest BCUT2D eigenvalue weighted by Crippen LogP contribution is 2.17. The van der Waals surface area contributed by atoms with Crippen LogP contribution < -0.4 is 0 Å². The van der Waals surface area contributed by atoms with Crippen LogP contribution in [0.5, 0.6) is 0 Å². The SMILES string of the molecule is Cc1cccc(S(=O)(=O)OCC2CO2)c1. The van der Waals surface area contributed by atoms with E-state index in [1.807, 2.05) is 13.0 Å². The van der Waals surface area contributed by atoms with Gasteiger partial charge in [-0.2, -0.15) is 8.42 Å². The first-order valence-electron chi connectivity index (χ1n) is 4.66. The van der Waals surface area contributed by atoms with Gasteiger partial charge in [0, 0.05) is 0 Å². The van der Waals surface area contributed by atoms with Gasteiger partial charge < -0.3 is 4.74 Å². The third-order valence-corrected chi connectivity index (χ3v) is 3.37. The van der Waals surface area contributed by atoms with E-state index < -0.39 is 10.1 Å². The van der Waals surface area contributed by atoms with Crippen LogP contribution in [0.1, 0.15) is 5.56 Å². The van der Waals surface area contributed by atoms with Gasteiger partial charge in [-0.15, -0.1) is 0 Å². The van der Waals surface area contributed by atoms with E-state index in [-0.39, 0.29) is 17.6 Å². The number of ether oxygens (including phenoxy) is 1. The Morgan fingerprint density at radius 3 is 2.87 bits per heavy atom. The summed E-state index contributed by atoms with van der Waals surface area (Å²) < 4.78 is 33.0. The quantitative estimate of drug-likeness (QED) is 0.572. The largest absolute Gasteiger partial charge is 0.371 e. The molecule has 1 unspecified atom stereocenters. The topological polar surface area (TPSA) is 55.9 Å². The third-order valence-electron chi connectivity index (χ3n) is 2.09. The van der Waals surface area contributed by atoms with Crippen molar-refractivity contribution in [1.82, 2.24) is 0 Å². The van der Waals surface area contributed by atoms with Crippen molar-refractivity contribution in [2.75, 3.05) is 13.2 Å². The zero-order chi connectivity index (χ0) is 10.9. The summed E-state index contributed by atoms with van der Waals surface area (Å²) in [5.74, 6) is 0. The molecule has 0 aromatic heterocycles. The average Bonchev–Trinajstić information content (AvgIpc) is 2.98. The average molecular weight is 228 g/mol. The summed E-state index contributed by atoms with van der Waals surface area (Å²) in [5.41, 5.74) is 0.891. The summed E-state index contributed by atoms with van der Waals surface area (Å²) >= 11 is 0. The molecule has 1 aromatic rings. The first kappa shape index (κ1) is 10.6. The summed E-state index contributed by atoms with van der Waals surface area (Å²) in [6.07, 6.45) is -0.0513. The van der Waals surface area contributed by atoms with Crippen molar-refractivity contribution in [1.29, 1.82) is 0 Å². The standard InChI is InChI=1S/C10H12O4S/c1-8-3-2-4-10(5-8)15(11,12)14-7-9-6-13-9/h2-5,9H,6-7H2,1H3. The van der Waals surface area contributed by atoms with Crippen LogP contribution in [-0.2, 0) is 19.0 Å². The maximum atomic E-state index is 11.6. The molecule has 5 heteroatoms. The number of rotatable bonds is 4. The molecule has 82 valence electrons. The van der Waals surface area contributed by atoms with E-state index in [1.165, 1.54) is 6.07 Å². The van der Waals surface area contributed by atoms with Crippen LogP contribution in [0.2, 0.25) is 0 Å². The number of benzene rings is 1. The second kappa shape index (κ2) is 3.92. The number of epoxide rings is 1. The Hall–Kier alpha value is -0.910. The van der Waals surface area contributed by atoms with Gasteiger partial charge in [0.1, 0.15) is 6.10 Å². The minimum Gasteiger partial charge on any atom is -0.371 e. The van der Waals surface area contributed by atoms with E-state index in [9.17, 15) is 8.42 Å². The Balaban J connectivity index is 2.12. The Morgan fingerprint density at radius 2 is 2.27 bits per heavy atom. The van der Waals surface area contributed by atoms with Crippen molar-refractivity contribution in [2.24, 2.45) is 0 Å². The molecule has 1 aliphatic rings. The normalized spacial score (nSPS) is 20.2. The van der Waals surface area contributed by atoms with Gasteiger partial charge in [0.05, 0.1) is 18.1 Å². The lowest BCUT2D eigenvalue weighted by Gasteiger charge is -2.04. The number of hydrogen-bond acceptors (Lipinski definition) is 4. The molecule has 1 saturated heterocycles. The summed E-state index contributed by atoms with van der Waals surface area (Å²) in [4.78, 5) is 0.197. The molecular weight excluding hydrogens is 216 g/mol. The lowest BCUT2D eigenvalue weighted by molar-refractivity contribution is 0.266. The van der Waals surface area contributed by atoms with E-state index in [4.69, 9.17) is 8.92 Å². The predicted molar refractivity (Wildman–Crippen MR) is 54.1 cm³/mol. The van der Waals surface area contributed by atoms with Crippen LogP contribution in [-0.4, -0.2) is 27.7 Å². The lowest BCUT2D eigenvalue weighted by atomic mass is 10.2. The first-order valence-corrected chi connectivity index (χ1v) is 6.06. The number of hydrogen-bond donors (Lipinski definition) is 0. The van der Waals surface area contributed by atoms with E-state index in [0.717, 1.165) is 5.56 Å². The van der Waals surface area contributed by atoms with Gasteiger partial charge in [-0.3, -0.25) is 4.18 Å². The zero-order valence-electron chi connectivity index (χ0n) is 8.34. The smallest absolute Gasteiger partial charge is 0.297 e. The summed E-state index contributed by atoms with van der Waals surface area (Å²) in [7, 11) is -3.62. The molecule has 0 radical (unpaired) electrons. The molecule has 0 spiro atoms. The van der Waals surface area contributed by atoms with Crippen molar-refractivity contribution in [3.8, 4) is 0 Å². The fraction of sp³-hybridized carbons (Fsp3) is 0.400. The molecule has 1 heterocycles. The molecule has 2 rings (SSSR count). The van der Waals surface area contributed by atoms with Gasteiger partial charge in [0.15, 0.2) is 0 Å². The second-order valence-electron chi connectivity index (χ2n) is 3.51. The fourth-order valence-corrected chi connectivity index (χ4v) is 2.21. The van der Waals surface area contributed by atoms with Crippen molar-refractivity contribution in [3.05, 3.63) is 29.8 Å². The Labute approximate surface area is 88.9 Å². The predicted octanol–water partition coefficient (Wildman–Crippen LogP) is 1.10. The zero-order valence-corrected chi connectivity index (χ0v) is 9.16. The van der Waals surface area contributed by atoms with Crippen molar-refractivity contribution >= 4 is 10.1 Å². The molecular formula is C10H12O4S. The molecule has 4 nitrogen and oxygen atoms in total. The van der Waals surface area contributed by atoms with E-state index in [2.05, 4.69) is 0 Å². The van der Waals surface area contributed by atoms with Crippen molar-refractivity contribution < 1.29 is 17.3 Å². The molecule has 1 aliphatic heterocycles. The molecule has 1 atom stereocenters. The van der Waals surface area contributed by atoms with Gasteiger partial charge in [0.25, 0.3) is 10.1 Å². The molecule has 0 saturated carbocycles. The highest BCUT2D eigenvalue weighted by molar-refractivity contribution is 7.86. The second-order valence-corrected chi connectivity index (χ2v) is 5.13. The van der Waals surface area contributed by atoms with Crippen LogP contribution in [0.15, 0.2) is 29.2 Å². The molecule has 0 N–H and O–H groups in total. The van der Waals surface area contributed by atoms with Gasteiger partial charge in [-0.25, -0.2) is 0 Å². The van der Waals surface area contributed by atoms with Crippen LogP contribution >= 0.6 is 0 Å². The van der Waals surface area contributed by atoms with Crippen LogP contribution in [0, 0.1) is 6.92 Å². The van der Waals surface area contributed by atoms with Crippen molar-refractivity contribution in [3.63, 3.8) is 0 Å². The van der Waals surface area contributed by atoms with Gasteiger partial charge in [-0.05, 0) is 24.6 Å². The highest BCUT2D eigenvalue weighted by atomic mass is 32.2. The Morgan fingerprint density at radius 1 is 1.53 bits per heavy atom. The molecule has 0 aliphatic carbocycles. The summed E-state index contributed by atoms with van der Waals surface area (Å²) in [6, 6.07) is 6.64. The van der Waals surface area contributed by atoms with E-state index in [0.29, 0.717) is 6.61 Å².